The Morgan fingerprint density at radius 3 is 2.59 bits per heavy atom. The number of nitrogens with zero attached hydrogens (tertiary/aromatic N) is 2. The summed E-state index contributed by atoms with van der Waals surface area (Å²) in [6.07, 6.45) is 3.63. The molecule has 118 valence electrons. The minimum absolute atomic E-state index is 0.365. The molecule has 0 saturated heterocycles. The van der Waals surface area contributed by atoms with Crippen molar-refractivity contribution in [3.05, 3.63) is 41.5 Å². The second-order valence-electron chi connectivity index (χ2n) is 6.55. The van der Waals surface area contributed by atoms with Gasteiger partial charge in [0.05, 0.1) is 18.6 Å². The van der Waals surface area contributed by atoms with Crippen LogP contribution in [0.5, 0.6) is 5.75 Å². The molecule has 5 nitrogen and oxygen atoms in total. The minimum Gasteiger partial charge on any atom is -0.493 e. The van der Waals surface area contributed by atoms with Crippen LogP contribution in [0.4, 0.5) is 0 Å². The number of hydrogen-bond acceptors (Lipinski definition) is 5. The number of nitrogens with two attached hydrogens (primary N) is 1. The first-order valence-electron chi connectivity index (χ1n) is 7.89. The summed E-state index contributed by atoms with van der Waals surface area (Å²) in [6.45, 7) is 4.99. The monoisotopic (exact) mass is 301 g/mol. The molecule has 1 aromatic carbocycles. The fraction of sp³-hybridized carbons (Fsp3) is 0.529. The van der Waals surface area contributed by atoms with Crippen LogP contribution in [-0.4, -0.2) is 16.7 Å². The molecule has 0 unspecified atom stereocenters. The molecule has 1 fully saturated rings. The second kappa shape index (κ2) is 6.08. The van der Waals surface area contributed by atoms with E-state index in [1.807, 2.05) is 24.3 Å². The number of aromatic nitrogens is 2. The van der Waals surface area contributed by atoms with Crippen molar-refractivity contribution < 1.29 is 9.26 Å². The lowest BCUT2D eigenvalue weighted by atomic mass is 9.77. The van der Waals surface area contributed by atoms with Crippen LogP contribution in [0.2, 0.25) is 0 Å². The molecule has 0 atom stereocenters. The molecule has 0 spiro atoms. The third-order valence-electron chi connectivity index (χ3n) is 4.02. The summed E-state index contributed by atoms with van der Waals surface area (Å²) in [5.41, 5.74) is 6.96. The Morgan fingerprint density at radius 1 is 1.27 bits per heavy atom. The van der Waals surface area contributed by atoms with Gasteiger partial charge in [0.2, 0.25) is 5.89 Å². The standard InChI is InChI=1S/C17H23N3O2/c1-12(2)11-21-14-6-4-13(5-7-14)10-15-19-16(20-22-15)17(18)8-3-9-17/h4-7,12H,3,8-11,18H2,1-2H3. The van der Waals surface area contributed by atoms with E-state index in [-0.39, 0.29) is 5.54 Å². The summed E-state index contributed by atoms with van der Waals surface area (Å²) >= 11 is 0. The molecule has 1 aromatic heterocycles. The maximum absolute atomic E-state index is 6.21. The molecule has 0 bridgehead atoms. The number of rotatable bonds is 6. The van der Waals surface area contributed by atoms with E-state index in [2.05, 4.69) is 24.0 Å². The summed E-state index contributed by atoms with van der Waals surface area (Å²) in [5.74, 6) is 2.67. The highest BCUT2D eigenvalue weighted by Gasteiger charge is 2.38. The largest absolute Gasteiger partial charge is 0.493 e. The van der Waals surface area contributed by atoms with Crippen molar-refractivity contribution >= 4 is 0 Å². The predicted molar refractivity (Wildman–Crippen MR) is 83.6 cm³/mol. The third kappa shape index (κ3) is 3.30. The summed E-state index contributed by atoms with van der Waals surface area (Å²) < 4.78 is 11.0. The SMILES string of the molecule is CC(C)COc1ccc(Cc2nc(C3(N)CCC3)no2)cc1. The van der Waals surface area contributed by atoms with Gasteiger partial charge in [-0.05, 0) is 42.9 Å². The van der Waals surface area contributed by atoms with Crippen LogP contribution in [0.25, 0.3) is 0 Å². The van der Waals surface area contributed by atoms with E-state index >= 15 is 0 Å². The van der Waals surface area contributed by atoms with E-state index < -0.39 is 0 Å². The summed E-state index contributed by atoms with van der Waals surface area (Å²) in [5, 5.41) is 4.04. The highest BCUT2D eigenvalue weighted by molar-refractivity contribution is 5.28. The van der Waals surface area contributed by atoms with Crippen molar-refractivity contribution in [1.29, 1.82) is 0 Å². The Labute approximate surface area is 130 Å². The topological polar surface area (TPSA) is 74.2 Å². The van der Waals surface area contributed by atoms with Gasteiger partial charge in [-0.25, -0.2) is 0 Å². The van der Waals surface area contributed by atoms with Crippen LogP contribution < -0.4 is 10.5 Å². The second-order valence-corrected chi connectivity index (χ2v) is 6.55. The molecule has 0 amide bonds. The fourth-order valence-corrected chi connectivity index (χ4v) is 2.45. The van der Waals surface area contributed by atoms with E-state index in [1.54, 1.807) is 0 Å². The lowest BCUT2D eigenvalue weighted by Crippen LogP contribution is -2.44. The van der Waals surface area contributed by atoms with Crippen LogP contribution in [-0.2, 0) is 12.0 Å². The average molecular weight is 301 g/mol. The molecule has 1 aliphatic rings. The maximum Gasteiger partial charge on any atom is 0.231 e. The van der Waals surface area contributed by atoms with Gasteiger partial charge in [0.15, 0.2) is 5.82 Å². The van der Waals surface area contributed by atoms with Crippen molar-refractivity contribution in [3.63, 3.8) is 0 Å². The van der Waals surface area contributed by atoms with Crippen LogP contribution in [0.3, 0.4) is 0 Å². The molecular weight excluding hydrogens is 278 g/mol. The van der Waals surface area contributed by atoms with Gasteiger partial charge in [-0.2, -0.15) is 4.98 Å². The maximum atomic E-state index is 6.21. The first-order chi connectivity index (χ1) is 10.5. The van der Waals surface area contributed by atoms with Crippen LogP contribution in [0, 0.1) is 5.92 Å². The molecule has 5 heteroatoms. The Kier molecular flexibility index (Phi) is 4.16. The van der Waals surface area contributed by atoms with Gasteiger partial charge in [0.1, 0.15) is 5.75 Å². The molecular formula is C17H23N3O2. The smallest absolute Gasteiger partial charge is 0.231 e. The van der Waals surface area contributed by atoms with Gasteiger partial charge in [-0.1, -0.05) is 31.1 Å². The highest BCUT2D eigenvalue weighted by atomic mass is 16.5. The zero-order chi connectivity index (χ0) is 15.6. The molecule has 0 aliphatic heterocycles. The Balaban J connectivity index is 1.61. The lowest BCUT2D eigenvalue weighted by molar-refractivity contribution is 0.229. The molecule has 1 heterocycles. The molecule has 22 heavy (non-hydrogen) atoms. The number of benzene rings is 1. The molecule has 1 aliphatic carbocycles. The van der Waals surface area contributed by atoms with Gasteiger partial charge in [-0.3, -0.25) is 0 Å². The van der Waals surface area contributed by atoms with Gasteiger partial charge in [0, 0.05) is 0 Å². The Hall–Kier alpha value is -1.88. The highest BCUT2D eigenvalue weighted by Crippen LogP contribution is 2.36. The van der Waals surface area contributed by atoms with Gasteiger partial charge in [0.25, 0.3) is 0 Å². The van der Waals surface area contributed by atoms with Crippen molar-refractivity contribution in [2.45, 2.75) is 45.1 Å². The van der Waals surface area contributed by atoms with Crippen LogP contribution in [0.15, 0.2) is 28.8 Å². The zero-order valence-corrected chi connectivity index (χ0v) is 13.2. The third-order valence-corrected chi connectivity index (χ3v) is 4.02. The number of ether oxygens (including phenoxy) is 1. The van der Waals surface area contributed by atoms with Crippen molar-refractivity contribution in [1.82, 2.24) is 10.1 Å². The predicted octanol–water partition coefficient (Wildman–Crippen LogP) is 3.03. The molecule has 2 aromatic rings. The molecule has 2 N–H and O–H groups in total. The van der Waals surface area contributed by atoms with E-state index in [0.29, 0.717) is 24.1 Å². The van der Waals surface area contributed by atoms with Gasteiger partial charge in [-0.15, -0.1) is 0 Å². The quantitative estimate of drug-likeness (QED) is 0.887. The first-order valence-corrected chi connectivity index (χ1v) is 7.89. The van der Waals surface area contributed by atoms with E-state index in [0.717, 1.165) is 37.2 Å². The van der Waals surface area contributed by atoms with Crippen molar-refractivity contribution in [2.24, 2.45) is 11.7 Å². The molecule has 1 saturated carbocycles. The zero-order valence-electron chi connectivity index (χ0n) is 13.2. The summed E-state index contributed by atoms with van der Waals surface area (Å²) in [7, 11) is 0. The van der Waals surface area contributed by atoms with E-state index in [4.69, 9.17) is 15.0 Å². The molecule has 0 radical (unpaired) electrons. The fourth-order valence-electron chi connectivity index (χ4n) is 2.45. The van der Waals surface area contributed by atoms with Crippen molar-refractivity contribution in [3.8, 4) is 5.75 Å². The van der Waals surface area contributed by atoms with Gasteiger partial charge < -0.3 is 15.0 Å². The van der Waals surface area contributed by atoms with Gasteiger partial charge >= 0.3 is 0 Å². The normalized spacial score (nSPS) is 16.5. The molecule has 3 rings (SSSR count). The van der Waals surface area contributed by atoms with E-state index in [1.165, 1.54) is 0 Å². The minimum atomic E-state index is -0.365. The Morgan fingerprint density at radius 2 is 2.00 bits per heavy atom. The summed E-state index contributed by atoms with van der Waals surface area (Å²) in [4.78, 5) is 4.45. The lowest BCUT2D eigenvalue weighted by Gasteiger charge is -2.34. The van der Waals surface area contributed by atoms with Crippen LogP contribution >= 0.6 is 0 Å². The summed E-state index contributed by atoms with van der Waals surface area (Å²) in [6, 6.07) is 8.01. The number of hydrogen-bond donors (Lipinski definition) is 1. The Bertz CT molecular complexity index is 615. The average Bonchev–Trinajstić information content (AvgIpc) is 2.93. The van der Waals surface area contributed by atoms with Crippen LogP contribution in [0.1, 0.15) is 50.4 Å². The van der Waals surface area contributed by atoms with Crippen molar-refractivity contribution in [2.75, 3.05) is 6.61 Å². The van der Waals surface area contributed by atoms with E-state index in [9.17, 15) is 0 Å². The first kappa shape index (κ1) is 15.0.